The number of halogens is 1. The summed E-state index contributed by atoms with van der Waals surface area (Å²) in [6, 6.07) is 3.75. The van der Waals surface area contributed by atoms with E-state index in [1.807, 2.05) is 26.0 Å². The second-order valence-corrected chi connectivity index (χ2v) is 5.18. The van der Waals surface area contributed by atoms with Gasteiger partial charge in [-0.3, -0.25) is 4.79 Å². The number of pyridine rings is 1. The molecule has 0 radical (unpaired) electrons. The Morgan fingerprint density at radius 2 is 2.25 bits per heavy atom. The highest BCUT2D eigenvalue weighted by Crippen LogP contribution is 2.19. The van der Waals surface area contributed by atoms with Gasteiger partial charge in [0.25, 0.3) is 0 Å². The molecule has 0 aliphatic carbocycles. The summed E-state index contributed by atoms with van der Waals surface area (Å²) in [5, 5.41) is 11.8. The number of nitrogens with one attached hydrogen (secondary N) is 1. The van der Waals surface area contributed by atoms with Gasteiger partial charge in [0, 0.05) is 22.6 Å². The van der Waals surface area contributed by atoms with E-state index in [4.69, 9.17) is 5.11 Å². The van der Waals surface area contributed by atoms with Crippen molar-refractivity contribution in [3.8, 4) is 0 Å². The van der Waals surface area contributed by atoms with E-state index in [-0.39, 0.29) is 12.0 Å². The van der Waals surface area contributed by atoms with Crippen LogP contribution in [0, 0.1) is 0 Å². The van der Waals surface area contributed by atoms with Gasteiger partial charge in [-0.25, -0.2) is 4.98 Å². The number of carboxylic acid groups (broad SMARTS) is 1. The average molecular weight is 287 g/mol. The van der Waals surface area contributed by atoms with E-state index in [9.17, 15) is 4.79 Å². The van der Waals surface area contributed by atoms with Gasteiger partial charge in [-0.15, -0.1) is 0 Å². The van der Waals surface area contributed by atoms with Crippen molar-refractivity contribution in [2.75, 3.05) is 5.32 Å². The third-order valence-electron chi connectivity index (χ3n) is 2.16. The number of carboxylic acids is 1. The van der Waals surface area contributed by atoms with Crippen molar-refractivity contribution in [3.63, 3.8) is 0 Å². The zero-order valence-electron chi connectivity index (χ0n) is 9.33. The summed E-state index contributed by atoms with van der Waals surface area (Å²) in [5.41, 5.74) is -0.279. The summed E-state index contributed by atoms with van der Waals surface area (Å²) >= 11 is 3.31. The molecule has 16 heavy (non-hydrogen) atoms. The summed E-state index contributed by atoms with van der Waals surface area (Å²) in [5.74, 6) is -0.0303. The van der Waals surface area contributed by atoms with E-state index in [2.05, 4.69) is 26.2 Å². The number of aliphatic carboxylic acids is 1. The number of hydrogen-bond acceptors (Lipinski definition) is 3. The number of nitrogens with zero attached hydrogens (tertiary/aromatic N) is 1. The van der Waals surface area contributed by atoms with Crippen molar-refractivity contribution < 1.29 is 9.90 Å². The number of hydrogen-bond donors (Lipinski definition) is 2. The molecule has 0 saturated heterocycles. The molecule has 0 spiro atoms. The fraction of sp³-hybridized carbons (Fsp3) is 0.455. The molecule has 1 heterocycles. The van der Waals surface area contributed by atoms with Crippen molar-refractivity contribution in [2.24, 2.45) is 0 Å². The quantitative estimate of drug-likeness (QED) is 0.874. The maximum atomic E-state index is 10.5. The summed E-state index contributed by atoms with van der Waals surface area (Å²) < 4.78 is 0.918. The fourth-order valence-electron chi connectivity index (χ4n) is 1.28. The molecule has 1 rings (SSSR count). The molecule has 88 valence electrons. The van der Waals surface area contributed by atoms with Crippen LogP contribution in [0.25, 0.3) is 0 Å². The van der Waals surface area contributed by atoms with Crippen molar-refractivity contribution >= 4 is 27.7 Å². The minimum Gasteiger partial charge on any atom is -0.481 e. The molecule has 0 atom stereocenters. The molecular weight excluding hydrogens is 272 g/mol. The van der Waals surface area contributed by atoms with Crippen molar-refractivity contribution in [3.05, 3.63) is 22.8 Å². The minimum absolute atomic E-state index is 0.149. The first kappa shape index (κ1) is 13.0. The zero-order chi connectivity index (χ0) is 12.2. The van der Waals surface area contributed by atoms with Crippen LogP contribution in [0.4, 0.5) is 5.82 Å². The average Bonchev–Trinajstić information content (AvgIpc) is 2.19. The standard InChI is InChI=1S/C11H15BrN2O2/c1-11(2,6-5-10(15)16)14-9-4-3-8(12)7-13-9/h3-4,7H,5-6H2,1-2H3,(H,13,14)(H,15,16). The molecule has 1 aromatic rings. The second-order valence-electron chi connectivity index (χ2n) is 4.26. The third-order valence-corrected chi connectivity index (χ3v) is 2.63. The van der Waals surface area contributed by atoms with E-state index in [1.165, 1.54) is 0 Å². The number of carbonyl (C=O) groups is 1. The summed E-state index contributed by atoms with van der Waals surface area (Å²) in [6.45, 7) is 3.92. The van der Waals surface area contributed by atoms with E-state index in [1.54, 1.807) is 6.20 Å². The van der Waals surface area contributed by atoms with Crippen LogP contribution >= 0.6 is 15.9 Å². The molecule has 4 nitrogen and oxygen atoms in total. The lowest BCUT2D eigenvalue weighted by Gasteiger charge is -2.26. The zero-order valence-corrected chi connectivity index (χ0v) is 10.9. The molecular formula is C11H15BrN2O2. The summed E-state index contributed by atoms with van der Waals surface area (Å²) in [7, 11) is 0. The molecule has 0 saturated carbocycles. The molecule has 0 bridgehead atoms. The van der Waals surface area contributed by atoms with Crippen LogP contribution in [0.1, 0.15) is 26.7 Å². The van der Waals surface area contributed by atoms with Crippen LogP contribution in [-0.2, 0) is 4.79 Å². The highest BCUT2D eigenvalue weighted by atomic mass is 79.9. The monoisotopic (exact) mass is 286 g/mol. The van der Waals surface area contributed by atoms with Gasteiger partial charge in [-0.05, 0) is 48.3 Å². The topological polar surface area (TPSA) is 62.2 Å². The van der Waals surface area contributed by atoms with Crippen LogP contribution in [-0.4, -0.2) is 21.6 Å². The van der Waals surface area contributed by atoms with Gasteiger partial charge in [0.15, 0.2) is 0 Å². The largest absolute Gasteiger partial charge is 0.481 e. The van der Waals surface area contributed by atoms with E-state index in [0.717, 1.165) is 10.3 Å². The number of anilines is 1. The predicted octanol–water partition coefficient (Wildman–Crippen LogP) is 2.90. The highest BCUT2D eigenvalue weighted by molar-refractivity contribution is 9.10. The van der Waals surface area contributed by atoms with E-state index < -0.39 is 5.97 Å². The van der Waals surface area contributed by atoms with Gasteiger partial charge in [0.2, 0.25) is 0 Å². The Morgan fingerprint density at radius 1 is 1.56 bits per heavy atom. The molecule has 0 amide bonds. The number of rotatable bonds is 5. The van der Waals surface area contributed by atoms with Gasteiger partial charge in [-0.1, -0.05) is 0 Å². The molecule has 0 aliphatic rings. The molecule has 0 unspecified atom stereocenters. The molecule has 2 N–H and O–H groups in total. The lowest BCUT2D eigenvalue weighted by atomic mass is 9.98. The van der Waals surface area contributed by atoms with Crippen LogP contribution in [0.3, 0.4) is 0 Å². The molecule has 1 aromatic heterocycles. The lowest BCUT2D eigenvalue weighted by Crippen LogP contribution is -2.31. The normalized spacial score (nSPS) is 11.2. The third kappa shape index (κ3) is 4.61. The second kappa shape index (κ2) is 5.30. The van der Waals surface area contributed by atoms with Crippen molar-refractivity contribution in [1.29, 1.82) is 0 Å². The first-order valence-corrected chi connectivity index (χ1v) is 5.80. The summed E-state index contributed by atoms with van der Waals surface area (Å²) in [4.78, 5) is 14.7. The maximum absolute atomic E-state index is 10.5. The molecule has 5 heteroatoms. The Morgan fingerprint density at radius 3 is 2.75 bits per heavy atom. The summed E-state index contributed by atoms with van der Waals surface area (Å²) in [6.07, 6.45) is 2.41. The maximum Gasteiger partial charge on any atom is 0.303 e. The highest BCUT2D eigenvalue weighted by Gasteiger charge is 2.19. The van der Waals surface area contributed by atoms with Gasteiger partial charge < -0.3 is 10.4 Å². The van der Waals surface area contributed by atoms with Gasteiger partial charge in [0.05, 0.1) is 0 Å². The smallest absolute Gasteiger partial charge is 0.303 e. The van der Waals surface area contributed by atoms with Crippen LogP contribution < -0.4 is 5.32 Å². The van der Waals surface area contributed by atoms with Crippen LogP contribution in [0.2, 0.25) is 0 Å². The lowest BCUT2D eigenvalue weighted by molar-refractivity contribution is -0.137. The Kier molecular flexibility index (Phi) is 4.29. The van der Waals surface area contributed by atoms with Gasteiger partial charge in [-0.2, -0.15) is 0 Å². The van der Waals surface area contributed by atoms with Gasteiger partial charge in [0.1, 0.15) is 5.82 Å². The Labute approximate surface area is 103 Å². The van der Waals surface area contributed by atoms with Crippen LogP contribution in [0.5, 0.6) is 0 Å². The Balaban J connectivity index is 2.57. The molecule has 0 aromatic carbocycles. The fourth-order valence-corrected chi connectivity index (χ4v) is 1.51. The molecule has 0 aliphatic heterocycles. The first-order valence-electron chi connectivity index (χ1n) is 5.00. The molecule has 0 fully saturated rings. The van der Waals surface area contributed by atoms with Crippen molar-refractivity contribution in [2.45, 2.75) is 32.2 Å². The van der Waals surface area contributed by atoms with Crippen molar-refractivity contribution in [1.82, 2.24) is 4.98 Å². The van der Waals surface area contributed by atoms with E-state index >= 15 is 0 Å². The SMILES string of the molecule is CC(C)(CCC(=O)O)Nc1ccc(Br)cn1. The van der Waals surface area contributed by atoms with Crippen LogP contribution in [0.15, 0.2) is 22.8 Å². The minimum atomic E-state index is -0.779. The van der Waals surface area contributed by atoms with E-state index in [0.29, 0.717) is 6.42 Å². The first-order chi connectivity index (χ1) is 7.39. The van der Waals surface area contributed by atoms with Gasteiger partial charge >= 0.3 is 5.97 Å². The Bertz CT molecular complexity index is 363. The predicted molar refractivity (Wildman–Crippen MR) is 66.5 cm³/mol. The number of aromatic nitrogens is 1. The Hall–Kier alpha value is -1.10.